The van der Waals surface area contributed by atoms with Crippen LogP contribution in [-0.2, 0) is 28.5 Å². The van der Waals surface area contributed by atoms with Crippen molar-refractivity contribution < 1.29 is 18.7 Å². The van der Waals surface area contributed by atoms with Crippen molar-refractivity contribution in [2.75, 3.05) is 5.88 Å². The van der Waals surface area contributed by atoms with Crippen molar-refractivity contribution in [1.29, 1.82) is 0 Å². The maximum Gasteiger partial charge on any atom is 0.424 e. The Balaban J connectivity index is 1.87. The molecule has 0 aliphatic carbocycles. The molecule has 0 saturated carbocycles. The van der Waals surface area contributed by atoms with Crippen LogP contribution in [0.5, 0.6) is 0 Å². The number of rotatable bonds is 11. The molecule has 0 spiro atoms. The fourth-order valence-electron chi connectivity index (χ4n) is 3.15. The number of halogens is 1. The van der Waals surface area contributed by atoms with Crippen LogP contribution in [0.3, 0.4) is 0 Å². The molecule has 0 N–H and O–H groups in total. The highest BCUT2D eigenvalue weighted by Gasteiger charge is 2.25. The molecule has 0 bridgehead atoms. The molecule has 10 heteroatoms. The first-order valence-electron chi connectivity index (χ1n) is 9.72. The van der Waals surface area contributed by atoms with E-state index in [2.05, 4.69) is 0 Å². The van der Waals surface area contributed by atoms with Crippen LogP contribution >= 0.6 is 11.6 Å². The summed E-state index contributed by atoms with van der Waals surface area (Å²) in [7, 11) is -2.16. The quantitative estimate of drug-likeness (QED) is 0.177. The third-order valence-corrected chi connectivity index (χ3v) is 6.62. The highest BCUT2D eigenvalue weighted by Crippen LogP contribution is 2.21. The third-order valence-electron chi connectivity index (χ3n) is 4.70. The van der Waals surface area contributed by atoms with E-state index in [1.165, 1.54) is 12.1 Å². The molecule has 3 rings (SSSR count). The molecule has 0 saturated heterocycles. The fraction of sp³-hybridized carbons (Fsp3) is 0.182. The summed E-state index contributed by atoms with van der Waals surface area (Å²) in [6.07, 6.45) is 0.593. The van der Waals surface area contributed by atoms with Gasteiger partial charge in [-0.2, -0.15) is 0 Å². The Bertz CT molecular complexity index is 1040. The highest BCUT2D eigenvalue weighted by molar-refractivity contribution is 6.61. The van der Waals surface area contributed by atoms with Gasteiger partial charge in [-0.05, 0) is 29.3 Å². The van der Waals surface area contributed by atoms with Gasteiger partial charge in [0.1, 0.15) is 0 Å². The molecule has 0 aromatic heterocycles. The van der Waals surface area contributed by atoms with Crippen LogP contribution in [0.25, 0.3) is 0 Å². The lowest BCUT2D eigenvalue weighted by atomic mass is 10.2. The summed E-state index contributed by atoms with van der Waals surface area (Å²) in [6.45, 7) is -0.0604. The summed E-state index contributed by atoms with van der Waals surface area (Å²) < 4.78 is 12.2. The number of para-hydroxylation sites is 2. The molecule has 8 nitrogen and oxygen atoms in total. The minimum absolute atomic E-state index is 0.0302. The van der Waals surface area contributed by atoms with Crippen LogP contribution in [0.1, 0.15) is 16.7 Å². The number of nitrogens with zero attached hydrogens (tertiary/aromatic N) is 2. The van der Waals surface area contributed by atoms with E-state index in [0.29, 0.717) is 23.4 Å². The molecule has 3 aromatic rings. The molecule has 0 atom stereocenters. The molecule has 0 fully saturated rings. The fourth-order valence-corrected chi connectivity index (χ4v) is 5.02. The number of hydrogen-bond donors (Lipinski definition) is 0. The second-order valence-corrected chi connectivity index (χ2v) is 8.80. The van der Waals surface area contributed by atoms with Gasteiger partial charge in [-0.15, -0.1) is 11.6 Å². The van der Waals surface area contributed by atoms with Crippen LogP contribution < -0.4 is 5.19 Å². The lowest BCUT2D eigenvalue weighted by Crippen LogP contribution is -2.39. The Morgan fingerprint density at radius 3 is 1.62 bits per heavy atom. The largest absolute Gasteiger partial charge is 0.424 e. The van der Waals surface area contributed by atoms with Gasteiger partial charge in [0.25, 0.3) is 11.4 Å². The van der Waals surface area contributed by atoms with Gasteiger partial charge in [-0.1, -0.05) is 48.5 Å². The van der Waals surface area contributed by atoms with E-state index >= 15 is 0 Å². The normalized spacial score (nSPS) is 10.9. The van der Waals surface area contributed by atoms with Crippen LogP contribution in [0.4, 0.5) is 11.4 Å². The summed E-state index contributed by atoms with van der Waals surface area (Å²) in [4.78, 5) is 21.8. The van der Waals surface area contributed by atoms with Gasteiger partial charge < -0.3 is 8.85 Å². The van der Waals surface area contributed by atoms with Crippen molar-refractivity contribution in [3.8, 4) is 0 Å². The molecule has 0 unspecified atom stereocenters. The second-order valence-electron chi connectivity index (χ2n) is 6.73. The average Bonchev–Trinajstić information content (AvgIpc) is 2.80. The lowest BCUT2D eigenvalue weighted by Gasteiger charge is -2.18. The molecule has 0 aliphatic heterocycles. The Morgan fingerprint density at radius 1 is 0.719 bits per heavy atom. The van der Waals surface area contributed by atoms with E-state index in [1.807, 2.05) is 24.3 Å². The summed E-state index contributed by atoms with van der Waals surface area (Å²) >= 11 is 5.95. The third kappa shape index (κ3) is 5.98. The van der Waals surface area contributed by atoms with Crippen molar-refractivity contribution in [3.63, 3.8) is 0 Å². The first-order valence-corrected chi connectivity index (χ1v) is 11.6. The molecular weight excluding hydrogens is 452 g/mol. The summed E-state index contributed by atoms with van der Waals surface area (Å²) in [5, 5.41) is 23.5. The van der Waals surface area contributed by atoms with E-state index in [-0.39, 0.29) is 24.6 Å². The van der Waals surface area contributed by atoms with Crippen molar-refractivity contribution in [1.82, 2.24) is 0 Å². The van der Waals surface area contributed by atoms with Crippen LogP contribution in [0.15, 0.2) is 72.8 Å². The lowest BCUT2D eigenvalue weighted by molar-refractivity contribution is -0.385. The van der Waals surface area contributed by atoms with Crippen LogP contribution in [-0.4, -0.2) is 25.0 Å². The second kappa shape index (κ2) is 11.5. The van der Waals surface area contributed by atoms with Crippen molar-refractivity contribution in [2.24, 2.45) is 0 Å². The Kier molecular flexibility index (Phi) is 8.46. The number of nitro groups is 2. The zero-order chi connectivity index (χ0) is 22.9. The predicted molar refractivity (Wildman–Crippen MR) is 122 cm³/mol. The van der Waals surface area contributed by atoms with Crippen molar-refractivity contribution in [3.05, 3.63) is 110 Å². The van der Waals surface area contributed by atoms with Gasteiger partial charge in [0.15, 0.2) is 0 Å². The molecule has 0 heterocycles. The molecule has 0 aliphatic rings. The van der Waals surface area contributed by atoms with Gasteiger partial charge in [0.05, 0.1) is 34.2 Å². The number of aryl methyl sites for hydroxylation is 1. The number of benzene rings is 3. The van der Waals surface area contributed by atoms with Gasteiger partial charge in [-0.25, -0.2) is 0 Å². The Hall–Kier alpha value is -3.11. The highest BCUT2D eigenvalue weighted by atomic mass is 35.5. The van der Waals surface area contributed by atoms with Crippen LogP contribution in [0.2, 0.25) is 0 Å². The smallest absolute Gasteiger partial charge is 0.385 e. The van der Waals surface area contributed by atoms with Crippen molar-refractivity contribution in [2.45, 2.75) is 19.6 Å². The van der Waals surface area contributed by atoms with Gasteiger partial charge in [-0.3, -0.25) is 20.2 Å². The van der Waals surface area contributed by atoms with Gasteiger partial charge >= 0.3 is 9.28 Å². The molecular formula is C22H20ClN2O6Si. The molecule has 0 amide bonds. The topological polar surface area (TPSA) is 105 Å². The summed E-state index contributed by atoms with van der Waals surface area (Å²) in [5.74, 6) is 0.403. The van der Waals surface area contributed by atoms with E-state index in [9.17, 15) is 20.2 Å². The summed E-state index contributed by atoms with van der Waals surface area (Å²) in [5.41, 5.74) is 1.71. The maximum absolute atomic E-state index is 11.3. The molecule has 1 radical (unpaired) electrons. The molecule has 165 valence electrons. The predicted octanol–water partition coefficient (Wildman–Crippen LogP) is 4.41. The minimum Gasteiger partial charge on any atom is -0.385 e. The monoisotopic (exact) mass is 471 g/mol. The number of alkyl halides is 1. The average molecular weight is 472 g/mol. The maximum atomic E-state index is 11.3. The molecule has 32 heavy (non-hydrogen) atoms. The number of hydrogen-bond acceptors (Lipinski definition) is 6. The van der Waals surface area contributed by atoms with Gasteiger partial charge in [0.2, 0.25) is 0 Å². The van der Waals surface area contributed by atoms with E-state index in [0.717, 1.165) is 10.8 Å². The van der Waals surface area contributed by atoms with Crippen molar-refractivity contribution >= 4 is 37.4 Å². The Morgan fingerprint density at radius 2 is 1.16 bits per heavy atom. The van der Waals surface area contributed by atoms with E-state index in [1.54, 1.807) is 36.4 Å². The number of nitro benzene ring substituents is 2. The first kappa shape index (κ1) is 23.5. The zero-order valence-corrected chi connectivity index (χ0v) is 18.7. The van der Waals surface area contributed by atoms with Gasteiger partial charge in [0, 0.05) is 18.0 Å². The zero-order valence-electron chi connectivity index (χ0n) is 17.0. The standard InChI is InChI=1S/C22H20ClN2O6Si/c23-14-13-17-7-3-6-12-22(17)32(30-15-18-8-1-4-10-20(18)24(26)27)31-16-19-9-2-5-11-21(19)25(28)29/h1-12H,13-16H2. The van der Waals surface area contributed by atoms with E-state index in [4.69, 9.17) is 20.5 Å². The SMILES string of the molecule is O=[N+]([O-])c1ccccc1CO[Si](OCc1ccccc1[N+](=O)[O-])c1ccccc1CCCl. The van der Waals surface area contributed by atoms with Crippen LogP contribution in [0, 0.1) is 20.2 Å². The first-order chi connectivity index (χ1) is 15.5. The Labute approximate surface area is 191 Å². The minimum atomic E-state index is -2.16. The summed E-state index contributed by atoms with van der Waals surface area (Å²) in [6, 6.07) is 20.2. The molecule has 3 aromatic carbocycles. The van der Waals surface area contributed by atoms with E-state index < -0.39 is 19.1 Å².